The van der Waals surface area contributed by atoms with Gasteiger partial charge in [-0.25, -0.2) is 4.39 Å². The minimum atomic E-state index is -0.0920. The molecule has 0 radical (unpaired) electrons. The molecule has 3 aromatic rings. The van der Waals surface area contributed by atoms with E-state index in [2.05, 4.69) is 84.0 Å². The van der Waals surface area contributed by atoms with Gasteiger partial charge >= 0.3 is 0 Å². The Bertz CT molecular complexity index is 1220. The van der Waals surface area contributed by atoms with Gasteiger partial charge in [0.05, 0.1) is 6.61 Å². The van der Waals surface area contributed by atoms with Crippen molar-refractivity contribution in [2.75, 3.05) is 6.61 Å². The van der Waals surface area contributed by atoms with E-state index in [4.69, 9.17) is 4.74 Å². The van der Waals surface area contributed by atoms with Crippen molar-refractivity contribution in [3.8, 4) is 28.0 Å². The molecule has 0 aromatic heterocycles. The molecule has 0 N–H and O–H groups in total. The third-order valence-corrected chi connectivity index (χ3v) is 9.82. The Hall–Kier alpha value is -2.61. The number of halogens is 1. The minimum absolute atomic E-state index is 0.0920. The Morgan fingerprint density at radius 3 is 1.90 bits per heavy atom. The zero-order valence-corrected chi connectivity index (χ0v) is 25.2. The second-order valence-corrected chi connectivity index (χ2v) is 11.9. The molecule has 210 valence electrons. The smallest absolute Gasteiger partial charge is 0.131 e. The van der Waals surface area contributed by atoms with Crippen LogP contribution < -0.4 is 4.74 Å². The Labute approximate surface area is 237 Å². The molecule has 0 amide bonds. The fraction of sp³-hybridized carbons (Fsp3) is 0.514. The fourth-order valence-electron chi connectivity index (χ4n) is 6.39. The molecule has 0 bridgehead atoms. The number of rotatable bonds is 11. The molecule has 0 aliphatic heterocycles. The predicted molar refractivity (Wildman–Crippen MR) is 165 cm³/mol. The maximum Gasteiger partial charge on any atom is 0.131 e. The molecule has 39 heavy (non-hydrogen) atoms. The predicted octanol–water partition coefficient (Wildman–Crippen LogP) is 11.2. The summed E-state index contributed by atoms with van der Waals surface area (Å²) in [5.41, 5.74) is 7.93. The van der Waals surface area contributed by atoms with Gasteiger partial charge in [-0.15, -0.1) is 0 Å². The third-order valence-electron chi connectivity index (χ3n) is 9.82. The number of ether oxygens (including phenoxy) is 1. The van der Waals surface area contributed by atoms with Crippen molar-refractivity contribution in [3.63, 3.8) is 0 Å². The summed E-state index contributed by atoms with van der Waals surface area (Å²) in [6.45, 7) is 14.3. The summed E-state index contributed by atoms with van der Waals surface area (Å²) in [5, 5.41) is 0. The maximum absolute atomic E-state index is 15.5. The first-order valence-corrected chi connectivity index (χ1v) is 15.6. The highest BCUT2D eigenvalue weighted by atomic mass is 19.1. The van der Waals surface area contributed by atoms with Crippen LogP contribution in [-0.4, -0.2) is 6.61 Å². The van der Waals surface area contributed by atoms with Crippen LogP contribution in [-0.2, 0) is 12.8 Å². The van der Waals surface area contributed by atoms with Gasteiger partial charge in [-0.1, -0.05) is 90.8 Å². The Kier molecular flexibility index (Phi) is 9.91. The number of hydrogen-bond donors (Lipinski definition) is 0. The summed E-state index contributed by atoms with van der Waals surface area (Å²) in [7, 11) is 0. The first-order valence-electron chi connectivity index (χ1n) is 15.6. The van der Waals surface area contributed by atoms with Crippen LogP contribution in [0.2, 0.25) is 0 Å². The van der Waals surface area contributed by atoms with E-state index in [0.717, 1.165) is 61.5 Å². The first kappa shape index (κ1) is 29.4. The van der Waals surface area contributed by atoms with Crippen LogP contribution in [0.4, 0.5) is 4.39 Å². The van der Waals surface area contributed by atoms with E-state index in [1.54, 1.807) is 6.07 Å². The monoisotopic (exact) mass is 528 g/mol. The Morgan fingerprint density at radius 1 is 0.718 bits per heavy atom. The van der Waals surface area contributed by atoms with E-state index in [-0.39, 0.29) is 11.2 Å². The highest BCUT2D eigenvalue weighted by Gasteiger charge is 2.25. The second kappa shape index (κ2) is 13.2. The maximum atomic E-state index is 15.5. The van der Waals surface area contributed by atoms with Crippen molar-refractivity contribution in [2.24, 2.45) is 11.3 Å². The van der Waals surface area contributed by atoms with E-state index in [0.29, 0.717) is 5.92 Å². The van der Waals surface area contributed by atoms with Gasteiger partial charge in [0.25, 0.3) is 0 Å². The summed E-state index contributed by atoms with van der Waals surface area (Å²) in [6.07, 6.45) is 10.0. The van der Waals surface area contributed by atoms with Gasteiger partial charge in [0.1, 0.15) is 11.6 Å². The zero-order valence-electron chi connectivity index (χ0n) is 25.2. The van der Waals surface area contributed by atoms with Crippen LogP contribution in [0.5, 0.6) is 5.75 Å². The second-order valence-electron chi connectivity index (χ2n) is 11.9. The number of benzene rings is 3. The average Bonchev–Trinajstić information content (AvgIpc) is 2.98. The standard InChI is InChI=1S/C37H49FO/c1-7-27-22-30(31-18-21-36(28(8-2)23-31)39-25-37(9-3,10-4)11-5)16-19-33(27)34-20-17-32(24-35(34)38)29-14-12-26(6)13-15-29/h16-24,26,29H,7-15,25H2,1-6H3. The molecule has 1 nitrogen and oxygen atoms in total. The van der Waals surface area contributed by atoms with Gasteiger partial charge in [-0.2, -0.15) is 0 Å². The molecule has 0 saturated heterocycles. The van der Waals surface area contributed by atoms with Crippen molar-refractivity contribution in [1.82, 2.24) is 0 Å². The quantitative estimate of drug-likeness (QED) is 0.240. The molecule has 3 aromatic carbocycles. The Balaban J connectivity index is 1.57. The van der Waals surface area contributed by atoms with E-state index >= 15 is 4.39 Å². The van der Waals surface area contributed by atoms with E-state index in [1.165, 1.54) is 53.5 Å². The van der Waals surface area contributed by atoms with Crippen LogP contribution in [0.15, 0.2) is 54.6 Å². The molecule has 0 spiro atoms. The van der Waals surface area contributed by atoms with Gasteiger partial charge in [0.15, 0.2) is 0 Å². The summed E-state index contributed by atoms with van der Waals surface area (Å²) >= 11 is 0. The van der Waals surface area contributed by atoms with E-state index in [9.17, 15) is 0 Å². The lowest BCUT2D eigenvalue weighted by atomic mass is 9.79. The summed E-state index contributed by atoms with van der Waals surface area (Å²) in [4.78, 5) is 0. The Morgan fingerprint density at radius 2 is 1.31 bits per heavy atom. The van der Waals surface area contributed by atoms with Crippen molar-refractivity contribution in [2.45, 2.75) is 105 Å². The van der Waals surface area contributed by atoms with E-state index < -0.39 is 0 Å². The largest absolute Gasteiger partial charge is 0.493 e. The molecule has 0 atom stereocenters. The normalized spacial score (nSPS) is 17.8. The summed E-state index contributed by atoms with van der Waals surface area (Å²) in [6, 6.07) is 19.1. The van der Waals surface area contributed by atoms with Crippen molar-refractivity contribution in [1.29, 1.82) is 0 Å². The average molecular weight is 529 g/mol. The van der Waals surface area contributed by atoms with Gasteiger partial charge in [-0.3, -0.25) is 0 Å². The molecule has 2 heteroatoms. The van der Waals surface area contributed by atoms with Crippen molar-refractivity contribution in [3.05, 3.63) is 77.1 Å². The number of aryl methyl sites for hydroxylation is 2. The summed E-state index contributed by atoms with van der Waals surface area (Å²) < 4.78 is 21.9. The van der Waals surface area contributed by atoms with Gasteiger partial charge in [0, 0.05) is 11.0 Å². The van der Waals surface area contributed by atoms with Crippen LogP contribution in [0.1, 0.15) is 109 Å². The molecule has 1 aliphatic rings. The lowest BCUT2D eigenvalue weighted by Gasteiger charge is -2.30. The topological polar surface area (TPSA) is 9.23 Å². The SMILES string of the molecule is CCc1cc(-c2ccc(-c3ccc(C4CCC(C)CC4)cc3F)c(CC)c2)ccc1OCC(CC)(CC)CC. The molecular formula is C37H49FO. The van der Waals surface area contributed by atoms with Gasteiger partial charge in [-0.05, 0) is 108 Å². The fourth-order valence-corrected chi connectivity index (χ4v) is 6.39. The van der Waals surface area contributed by atoms with Crippen molar-refractivity contribution >= 4 is 0 Å². The highest BCUT2D eigenvalue weighted by molar-refractivity contribution is 5.75. The molecule has 1 aliphatic carbocycles. The lowest BCUT2D eigenvalue weighted by molar-refractivity contribution is 0.127. The molecule has 0 heterocycles. The van der Waals surface area contributed by atoms with Crippen LogP contribution in [0.3, 0.4) is 0 Å². The highest BCUT2D eigenvalue weighted by Crippen LogP contribution is 2.39. The minimum Gasteiger partial charge on any atom is -0.493 e. The summed E-state index contributed by atoms with van der Waals surface area (Å²) in [5.74, 6) is 2.21. The molecule has 0 unspecified atom stereocenters. The number of hydrogen-bond acceptors (Lipinski definition) is 1. The molecule has 1 saturated carbocycles. The third kappa shape index (κ3) is 6.59. The molecule has 4 rings (SSSR count). The van der Waals surface area contributed by atoms with Crippen LogP contribution >= 0.6 is 0 Å². The van der Waals surface area contributed by atoms with Crippen LogP contribution in [0, 0.1) is 17.2 Å². The van der Waals surface area contributed by atoms with Crippen LogP contribution in [0.25, 0.3) is 22.3 Å². The lowest BCUT2D eigenvalue weighted by Crippen LogP contribution is -2.26. The molecule has 1 fully saturated rings. The first-order chi connectivity index (χ1) is 18.9. The van der Waals surface area contributed by atoms with E-state index in [1.807, 2.05) is 6.07 Å². The van der Waals surface area contributed by atoms with Gasteiger partial charge < -0.3 is 4.74 Å². The van der Waals surface area contributed by atoms with Crippen molar-refractivity contribution < 1.29 is 9.13 Å². The van der Waals surface area contributed by atoms with Gasteiger partial charge in [0.2, 0.25) is 0 Å². The zero-order chi connectivity index (χ0) is 28.0. The molecular weight excluding hydrogens is 479 g/mol.